The zero-order valence-electron chi connectivity index (χ0n) is 11.6. The van der Waals surface area contributed by atoms with Crippen LogP contribution in [-0.2, 0) is 0 Å². The van der Waals surface area contributed by atoms with Gasteiger partial charge in [-0.05, 0) is 46.3 Å². The van der Waals surface area contributed by atoms with Gasteiger partial charge in [-0.1, -0.05) is 0 Å². The number of nitrogens with two attached hydrogens (primary N) is 1. The van der Waals surface area contributed by atoms with E-state index in [9.17, 15) is 4.79 Å². The lowest BCUT2D eigenvalue weighted by Gasteiger charge is -2.10. The van der Waals surface area contributed by atoms with E-state index in [0.717, 1.165) is 0 Å². The Morgan fingerprint density at radius 3 is 2.24 bits per heavy atom. The minimum absolute atomic E-state index is 0.266. The van der Waals surface area contributed by atoms with Crippen molar-refractivity contribution in [3.8, 4) is 11.5 Å². The van der Waals surface area contributed by atoms with E-state index in [1.54, 1.807) is 36.4 Å². The molecule has 110 valence electrons. The molecule has 0 atom stereocenters. The quantitative estimate of drug-likeness (QED) is 0.829. The Bertz CT molecular complexity index is 652. The van der Waals surface area contributed by atoms with Crippen LogP contribution in [-0.4, -0.2) is 20.1 Å². The number of nitrogens with one attached hydrogen (secondary N) is 1. The van der Waals surface area contributed by atoms with E-state index < -0.39 is 0 Å². The second kappa shape index (κ2) is 6.49. The number of halogens is 1. The van der Waals surface area contributed by atoms with Gasteiger partial charge in [0.2, 0.25) is 0 Å². The zero-order valence-corrected chi connectivity index (χ0v) is 13.2. The van der Waals surface area contributed by atoms with Crippen LogP contribution in [0.5, 0.6) is 11.5 Å². The van der Waals surface area contributed by atoms with Crippen LogP contribution in [0.15, 0.2) is 40.9 Å². The van der Waals surface area contributed by atoms with Crippen LogP contribution in [0, 0.1) is 0 Å². The van der Waals surface area contributed by atoms with Gasteiger partial charge >= 0.3 is 0 Å². The molecule has 0 fully saturated rings. The van der Waals surface area contributed by atoms with Crippen molar-refractivity contribution in [3.05, 3.63) is 46.4 Å². The average Bonchev–Trinajstić information content (AvgIpc) is 2.49. The van der Waals surface area contributed by atoms with Crippen LogP contribution in [0.1, 0.15) is 10.4 Å². The van der Waals surface area contributed by atoms with Gasteiger partial charge in [-0.2, -0.15) is 0 Å². The molecule has 0 unspecified atom stereocenters. The number of hydrogen-bond acceptors (Lipinski definition) is 4. The lowest BCUT2D eigenvalue weighted by Crippen LogP contribution is -2.12. The van der Waals surface area contributed by atoms with Gasteiger partial charge in [0, 0.05) is 21.8 Å². The number of anilines is 2. The molecule has 0 aliphatic heterocycles. The maximum absolute atomic E-state index is 12.3. The summed E-state index contributed by atoms with van der Waals surface area (Å²) in [7, 11) is 3.07. The fourth-order valence-corrected chi connectivity index (χ4v) is 2.26. The summed E-state index contributed by atoms with van der Waals surface area (Å²) in [5.74, 6) is 0.837. The SMILES string of the molecule is COc1cc(OC)cc(C(=O)Nc2ccc(N)cc2Br)c1. The first-order valence-corrected chi connectivity index (χ1v) is 6.92. The van der Waals surface area contributed by atoms with Gasteiger partial charge in [0.25, 0.3) is 5.91 Å². The lowest BCUT2D eigenvalue weighted by atomic mass is 10.1. The Morgan fingerprint density at radius 1 is 1.10 bits per heavy atom. The number of hydrogen-bond donors (Lipinski definition) is 2. The second-order valence-electron chi connectivity index (χ2n) is 4.29. The Morgan fingerprint density at radius 2 is 1.71 bits per heavy atom. The van der Waals surface area contributed by atoms with Crippen molar-refractivity contribution in [2.45, 2.75) is 0 Å². The summed E-state index contributed by atoms with van der Waals surface area (Å²) in [4.78, 5) is 12.3. The number of amides is 1. The first kappa shape index (κ1) is 15.2. The molecule has 0 spiro atoms. The van der Waals surface area contributed by atoms with Crippen LogP contribution in [0.4, 0.5) is 11.4 Å². The first-order chi connectivity index (χ1) is 10.0. The van der Waals surface area contributed by atoms with E-state index in [2.05, 4.69) is 21.2 Å². The Labute approximate surface area is 131 Å². The number of carbonyl (C=O) groups excluding carboxylic acids is 1. The highest BCUT2D eigenvalue weighted by Crippen LogP contribution is 2.27. The predicted molar refractivity (Wildman–Crippen MR) is 86.1 cm³/mol. The summed E-state index contributed by atoms with van der Waals surface area (Å²) < 4.78 is 11.0. The molecule has 2 aromatic carbocycles. The second-order valence-corrected chi connectivity index (χ2v) is 5.15. The lowest BCUT2D eigenvalue weighted by molar-refractivity contribution is 0.102. The molecular weight excluding hydrogens is 336 g/mol. The van der Waals surface area contributed by atoms with Gasteiger partial charge in [0.1, 0.15) is 11.5 Å². The first-order valence-electron chi connectivity index (χ1n) is 6.13. The minimum Gasteiger partial charge on any atom is -0.497 e. The average molecular weight is 351 g/mol. The smallest absolute Gasteiger partial charge is 0.255 e. The van der Waals surface area contributed by atoms with Gasteiger partial charge in [0.15, 0.2) is 0 Å². The fraction of sp³-hybridized carbons (Fsp3) is 0.133. The van der Waals surface area contributed by atoms with Crippen molar-refractivity contribution >= 4 is 33.2 Å². The number of nitrogen functional groups attached to an aromatic ring is 1. The molecule has 3 N–H and O–H groups in total. The maximum atomic E-state index is 12.3. The molecule has 21 heavy (non-hydrogen) atoms. The summed E-state index contributed by atoms with van der Waals surface area (Å²) in [6.45, 7) is 0. The molecule has 2 aromatic rings. The Hall–Kier alpha value is -2.21. The number of carbonyl (C=O) groups is 1. The number of methoxy groups -OCH3 is 2. The van der Waals surface area contributed by atoms with Crippen molar-refractivity contribution in [1.29, 1.82) is 0 Å². The third-order valence-corrected chi connectivity index (χ3v) is 3.51. The summed E-state index contributed by atoms with van der Waals surface area (Å²) in [6, 6.07) is 10.2. The van der Waals surface area contributed by atoms with E-state index in [1.165, 1.54) is 14.2 Å². The standard InChI is InChI=1S/C15H15BrN2O3/c1-20-11-5-9(6-12(8-11)21-2)15(19)18-14-4-3-10(17)7-13(14)16/h3-8H,17H2,1-2H3,(H,18,19). The topological polar surface area (TPSA) is 73.6 Å². The number of ether oxygens (including phenoxy) is 2. The molecule has 0 aromatic heterocycles. The van der Waals surface area contributed by atoms with E-state index >= 15 is 0 Å². The molecule has 0 aliphatic rings. The fourth-order valence-electron chi connectivity index (χ4n) is 1.77. The summed E-state index contributed by atoms with van der Waals surface area (Å²) in [5, 5.41) is 2.80. The van der Waals surface area contributed by atoms with Crippen LogP contribution < -0.4 is 20.5 Å². The normalized spacial score (nSPS) is 10.0. The zero-order chi connectivity index (χ0) is 15.4. The van der Waals surface area contributed by atoms with Crippen LogP contribution in [0.2, 0.25) is 0 Å². The highest BCUT2D eigenvalue weighted by Gasteiger charge is 2.11. The minimum atomic E-state index is -0.266. The molecule has 0 bridgehead atoms. The molecule has 0 heterocycles. The monoisotopic (exact) mass is 350 g/mol. The largest absolute Gasteiger partial charge is 0.497 e. The van der Waals surface area contributed by atoms with Crippen molar-refractivity contribution in [2.75, 3.05) is 25.3 Å². The Kier molecular flexibility index (Phi) is 4.70. The van der Waals surface area contributed by atoms with Gasteiger partial charge in [-0.15, -0.1) is 0 Å². The highest BCUT2D eigenvalue weighted by atomic mass is 79.9. The molecule has 0 aliphatic carbocycles. The molecule has 0 saturated heterocycles. The summed E-state index contributed by atoms with van der Waals surface area (Å²) in [5.41, 5.74) is 7.36. The molecule has 2 rings (SSSR count). The van der Waals surface area contributed by atoms with E-state index in [1.807, 2.05) is 0 Å². The highest BCUT2D eigenvalue weighted by molar-refractivity contribution is 9.10. The van der Waals surface area contributed by atoms with Crippen molar-refractivity contribution in [1.82, 2.24) is 0 Å². The van der Waals surface area contributed by atoms with Crippen LogP contribution in [0.25, 0.3) is 0 Å². The maximum Gasteiger partial charge on any atom is 0.255 e. The van der Waals surface area contributed by atoms with E-state index in [-0.39, 0.29) is 5.91 Å². The molecule has 0 saturated carbocycles. The number of benzene rings is 2. The van der Waals surface area contributed by atoms with E-state index in [4.69, 9.17) is 15.2 Å². The molecular formula is C15H15BrN2O3. The summed E-state index contributed by atoms with van der Waals surface area (Å²) >= 11 is 3.36. The predicted octanol–water partition coefficient (Wildman–Crippen LogP) is 3.30. The van der Waals surface area contributed by atoms with Gasteiger partial charge in [-0.3, -0.25) is 4.79 Å². The molecule has 6 heteroatoms. The molecule has 5 nitrogen and oxygen atoms in total. The van der Waals surface area contributed by atoms with Crippen molar-refractivity contribution in [2.24, 2.45) is 0 Å². The van der Waals surface area contributed by atoms with Gasteiger partial charge in [-0.25, -0.2) is 0 Å². The van der Waals surface area contributed by atoms with E-state index in [0.29, 0.717) is 32.9 Å². The molecule has 1 amide bonds. The van der Waals surface area contributed by atoms with Crippen LogP contribution in [0.3, 0.4) is 0 Å². The third kappa shape index (κ3) is 3.66. The van der Waals surface area contributed by atoms with Gasteiger partial charge < -0.3 is 20.5 Å². The Balaban J connectivity index is 2.27. The molecule has 0 radical (unpaired) electrons. The van der Waals surface area contributed by atoms with Crippen molar-refractivity contribution in [3.63, 3.8) is 0 Å². The third-order valence-electron chi connectivity index (χ3n) is 2.85. The van der Waals surface area contributed by atoms with Crippen LogP contribution >= 0.6 is 15.9 Å². The number of rotatable bonds is 4. The summed E-state index contributed by atoms with van der Waals surface area (Å²) in [6.07, 6.45) is 0. The van der Waals surface area contributed by atoms with Crippen molar-refractivity contribution < 1.29 is 14.3 Å². The van der Waals surface area contributed by atoms with Gasteiger partial charge in [0.05, 0.1) is 19.9 Å².